The molecule has 0 amide bonds. The number of fused-ring (bicyclic) bond motifs is 4. The third-order valence-electron chi connectivity index (χ3n) is 6.28. The van der Waals surface area contributed by atoms with Crippen molar-refractivity contribution in [2.24, 2.45) is 0 Å². The summed E-state index contributed by atoms with van der Waals surface area (Å²) in [7, 11) is 3.13. The minimum atomic E-state index is -0.425. The molecule has 8 nitrogen and oxygen atoms in total. The van der Waals surface area contributed by atoms with Crippen molar-refractivity contribution in [3.63, 3.8) is 0 Å². The second-order valence-electron chi connectivity index (χ2n) is 8.43. The quantitative estimate of drug-likeness (QED) is 0.391. The molecular formula is C27H23NO7. The third-order valence-corrected chi connectivity index (χ3v) is 6.28. The molecule has 0 unspecified atom stereocenters. The number of methoxy groups -OCH3 is 2. The van der Waals surface area contributed by atoms with Gasteiger partial charge in [0.2, 0.25) is 6.79 Å². The molecule has 0 saturated carbocycles. The average molecular weight is 473 g/mol. The van der Waals surface area contributed by atoms with Crippen molar-refractivity contribution in [1.29, 1.82) is 0 Å². The van der Waals surface area contributed by atoms with Crippen molar-refractivity contribution < 1.29 is 28.1 Å². The summed E-state index contributed by atoms with van der Waals surface area (Å²) in [4.78, 5) is 15.2. The van der Waals surface area contributed by atoms with Crippen LogP contribution in [0.1, 0.15) is 11.1 Å². The highest BCUT2D eigenvalue weighted by molar-refractivity contribution is 5.86. The second kappa shape index (κ2) is 8.56. The van der Waals surface area contributed by atoms with Gasteiger partial charge in [-0.05, 0) is 53.6 Å². The number of hydrogen-bond acceptors (Lipinski definition) is 8. The summed E-state index contributed by atoms with van der Waals surface area (Å²) in [5.41, 5.74) is 3.19. The van der Waals surface area contributed by atoms with Crippen LogP contribution in [0.25, 0.3) is 22.1 Å². The summed E-state index contributed by atoms with van der Waals surface area (Å²) in [6, 6.07) is 17.0. The molecule has 1 aromatic heterocycles. The first-order valence-electron chi connectivity index (χ1n) is 11.2. The summed E-state index contributed by atoms with van der Waals surface area (Å²) in [6.07, 6.45) is 0. The first-order chi connectivity index (χ1) is 17.1. The summed E-state index contributed by atoms with van der Waals surface area (Å²) in [5, 5.41) is 0.821. The first-order valence-corrected chi connectivity index (χ1v) is 11.2. The van der Waals surface area contributed by atoms with Crippen LogP contribution in [0.5, 0.6) is 28.7 Å². The van der Waals surface area contributed by atoms with E-state index in [4.69, 9.17) is 28.1 Å². The van der Waals surface area contributed by atoms with Gasteiger partial charge in [-0.15, -0.1) is 0 Å². The van der Waals surface area contributed by atoms with Gasteiger partial charge in [0.1, 0.15) is 18.1 Å². The van der Waals surface area contributed by atoms with E-state index in [1.807, 2.05) is 42.5 Å². The minimum absolute atomic E-state index is 0.245. The fourth-order valence-electron chi connectivity index (χ4n) is 4.54. The van der Waals surface area contributed by atoms with Gasteiger partial charge >= 0.3 is 5.63 Å². The van der Waals surface area contributed by atoms with Crippen molar-refractivity contribution in [3.8, 4) is 39.9 Å². The number of benzene rings is 3. The summed E-state index contributed by atoms with van der Waals surface area (Å²) >= 11 is 0. The van der Waals surface area contributed by atoms with E-state index in [2.05, 4.69) is 4.90 Å². The SMILES string of the molecule is COc1ccc(-c2cc3ccc4c(c3oc2=O)CN(Cc2ccc3c(c2)OCO3)CO4)cc1OC. The Morgan fingerprint density at radius 1 is 0.857 bits per heavy atom. The lowest BCUT2D eigenvalue weighted by Gasteiger charge is -2.29. The summed E-state index contributed by atoms with van der Waals surface area (Å²) in [6.45, 7) is 1.91. The molecule has 3 heterocycles. The molecule has 0 atom stereocenters. The summed E-state index contributed by atoms with van der Waals surface area (Å²) in [5.74, 6) is 3.37. The second-order valence-corrected chi connectivity index (χ2v) is 8.43. The Kier molecular flexibility index (Phi) is 5.22. The molecule has 2 aliphatic rings. The zero-order valence-corrected chi connectivity index (χ0v) is 19.3. The van der Waals surface area contributed by atoms with E-state index in [1.165, 1.54) is 0 Å². The molecule has 6 rings (SSSR count). The average Bonchev–Trinajstić information content (AvgIpc) is 3.36. The molecule has 3 aromatic carbocycles. The molecule has 8 heteroatoms. The van der Waals surface area contributed by atoms with E-state index in [1.54, 1.807) is 26.4 Å². The Hall–Kier alpha value is -4.17. The molecule has 4 aromatic rings. The maximum atomic E-state index is 13.0. The predicted molar refractivity (Wildman–Crippen MR) is 128 cm³/mol. The standard InChI is InChI=1S/C27H23NO7/c1-30-22-8-4-17(11-24(22)31-2)19-10-18-5-7-21-20(26(18)35-27(19)29)13-28(14-32-21)12-16-3-6-23-25(9-16)34-15-33-23/h3-11H,12-15H2,1-2H3. The van der Waals surface area contributed by atoms with Crippen molar-refractivity contribution in [3.05, 3.63) is 76.1 Å². The topological polar surface area (TPSA) is 79.6 Å². The number of nitrogens with zero attached hydrogens (tertiary/aromatic N) is 1. The molecule has 178 valence electrons. The lowest BCUT2D eigenvalue weighted by molar-refractivity contribution is 0.0889. The lowest BCUT2D eigenvalue weighted by Crippen LogP contribution is -2.31. The predicted octanol–water partition coefficient (Wildman–Crippen LogP) is 4.56. The molecule has 0 N–H and O–H groups in total. The van der Waals surface area contributed by atoms with Crippen LogP contribution in [0, 0.1) is 0 Å². The van der Waals surface area contributed by atoms with Crippen LogP contribution in [0.2, 0.25) is 0 Å². The van der Waals surface area contributed by atoms with Crippen LogP contribution in [-0.2, 0) is 13.1 Å². The number of hydrogen-bond donors (Lipinski definition) is 0. The largest absolute Gasteiger partial charge is 0.493 e. The molecule has 0 spiro atoms. The van der Waals surface area contributed by atoms with Gasteiger partial charge in [0, 0.05) is 18.5 Å². The molecule has 0 aliphatic carbocycles. The highest BCUT2D eigenvalue weighted by atomic mass is 16.7. The Morgan fingerprint density at radius 2 is 1.69 bits per heavy atom. The zero-order valence-electron chi connectivity index (χ0n) is 19.3. The normalized spacial score (nSPS) is 14.5. The number of ether oxygens (including phenoxy) is 5. The maximum Gasteiger partial charge on any atom is 0.344 e. The van der Waals surface area contributed by atoms with Gasteiger partial charge < -0.3 is 28.1 Å². The molecule has 35 heavy (non-hydrogen) atoms. The van der Waals surface area contributed by atoms with Gasteiger partial charge in [-0.3, -0.25) is 4.90 Å². The Labute approximate surface area is 201 Å². The summed E-state index contributed by atoms with van der Waals surface area (Å²) < 4.78 is 33.5. The number of rotatable bonds is 5. The van der Waals surface area contributed by atoms with E-state index < -0.39 is 5.63 Å². The molecule has 0 saturated heterocycles. The van der Waals surface area contributed by atoms with Crippen LogP contribution >= 0.6 is 0 Å². The molecule has 0 fully saturated rings. The monoisotopic (exact) mass is 473 g/mol. The van der Waals surface area contributed by atoms with E-state index in [9.17, 15) is 4.79 Å². The van der Waals surface area contributed by atoms with Gasteiger partial charge in [0.05, 0.1) is 25.3 Å². The van der Waals surface area contributed by atoms with Gasteiger partial charge in [0.25, 0.3) is 0 Å². The van der Waals surface area contributed by atoms with Gasteiger partial charge in [-0.25, -0.2) is 4.79 Å². The van der Waals surface area contributed by atoms with Gasteiger partial charge in [-0.2, -0.15) is 0 Å². The Morgan fingerprint density at radius 3 is 2.54 bits per heavy atom. The van der Waals surface area contributed by atoms with E-state index in [-0.39, 0.29) is 6.79 Å². The van der Waals surface area contributed by atoms with Crippen LogP contribution in [0.15, 0.2) is 63.8 Å². The highest BCUT2D eigenvalue weighted by Crippen LogP contribution is 2.37. The van der Waals surface area contributed by atoms with Crippen molar-refractivity contribution in [1.82, 2.24) is 4.90 Å². The van der Waals surface area contributed by atoms with Crippen molar-refractivity contribution >= 4 is 11.0 Å². The fraction of sp³-hybridized carbons (Fsp3) is 0.222. The Bertz CT molecular complexity index is 1490. The molecule has 0 bridgehead atoms. The van der Waals surface area contributed by atoms with Crippen LogP contribution in [0.4, 0.5) is 0 Å². The smallest absolute Gasteiger partial charge is 0.344 e. The van der Waals surface area contributed by atoms with Crippen LogP contribution in [0.3, 0.4) is 0 Å². The van der Waals surface area contributed by atoms with E-state index in [0.717, 1.165) is 33.8 Å². The van der Waals surface area contributed by atoms with Crippen LogP contribution < -0.4 is 29.3 Å². The van der Waals surface area contributed by atoms with E-state index >= 15 is 0 Å². The zero-order chi connectivity index (χ0) is 23.9. The minimum Gasteiger partial charge on any atom is -0.493 e. The van der Waals surface area contributed by atoms with Crippen molar-refractivity contribution in [2.75, 3.05) is 27.7 Å². The third kappa shape index (κ3) is 3.81. The molecule has 0 radical (unpaired) electrons. The van der Waals surface area contributed by atoms with Gasteiger partial charge in [-0.1, -0.05) is 12.1 Å². The maximum absolute atomic E-state index is 13.0. The lowest BCUT2D eigenvalue weighted by atomic mass is 10.0. The molecule has 2 aliphatic heterocycles. The van der Waals surface area contributed by atoms with Crippen LogP contribution in [-0.4, -0.2) is 32.6 Å². The van der Waals surface area contributed by atoms with Crippen molar-refractivity contribution in [2.45, 2.75) is 13.1 Å². The Balaban J connectivity index is 1.33. The van der Waals surface area contributed by atoms with Gasteiger partial charge in [0.15, 0.2) is 23.0 Å². The first kappa shape index (κ1) is 21.4. The molecular weight excluding hydrogens is 450 g/mol. The van der Waals surface area contributed by atoms with E-state index in [0.29, 0.717) is 48.0 Å². The fourth-order valence-corrected chi connectivity index (χ4v) is 4.54. The highest BCUT2D eigenvalue weighted by Gasteiger charge is 2.23.